The molecule has 18 heavy (non-hydrogen) atoms. The van der Waals surface area contributed by atoms with Crippen LogP contribution < -0.4 is 11.1 Å². The van der Waals surface area contributed by atoms with E-state index in [9.17, 15) is 18.0 Å². The molecule has 0 aromatic rings. The van der Waals surface area contributed by atoms with Crippen molar-refractivity contribution in [3.05, 3.63) is 0 Å². The Morgan fingerprint density at radius 1 is 1.39 bits per heavy atom. The fourth-order valence-electron chi connectivity index (χ4n) is 1.73. The Morgan fingerprint density at radius 2 is 1.94 bits per heavy atom. The molecule has 1 aliphatic heterocycles. The van der Waals surface area contributed by atoms with E-state index in [-0.39, 0.29) is 18.3 Å². The van der Waals surface area contributed by atoms with E-state index in [0.717, 1.165) is 0 Å². The Morgan fingerprint density at radius 3 is 2.44 bits per heavy atom. The first-order valence-corrected chi connectivity index (χ1v) is 5.58. The molecule has 1 aliphatic rings. The predicted molar refractivity (Wildman–Crippen MR) is 62.4 cm³/mol. The monoisotopic (exact) mass is 290 g/mol. The van der Waals surface area contributed by atoms with Crippen LogP contribution in [0.3, 0.4) is 0 Å². The van der Waals surface area contributed by atoms with Crippen LogP contribution in [0.5, 0.6) is 0 Å². The first-order valence-electron chi connectivity index (χ1n) is 5.58. The van der Waals surface area contributed by atoms with Crippen molar-refractivity contribution in [2.24, 2.45) is 11.7 Å². The third kappa shape index (κ3) is 6.42. The molecule has 0 spiro atoms. The molecule has 1 unspecified atom stereocenters. The maximum Gasteiger partial charge on any atom is 0.390 e. The van der Waals surface area contributed by atoms with Gasteiger partial charge in [0.25, 0.3) is 0 Å². The van der Waals surface area contributed by atoms with Crippen molar-refractivity contribution in [2.75, 3.05) is 19.8 Å². The summed E-state index contributed by atoms with van der Waals surface area (Å²) in [7, 11) is 0. The second-order valence-electron chi connectivity index (χ2n) is 4.13. The van der Waals surface area contributed by atoms with Gasteiger partial charge in [-0.15, -0.1) is 12.4 Å². The normalized spacial score (nSPS) is 18.9. The van der Waals surface area contributed by atoms with Crippen molar-refractivity contribution >= 4 is 18.3 Å². The number of ether oxygens (including phenoxy) is 1. The molecule has 108 valence electrons. The lowest BCUT2D eigenvalue weighted by Gasteiger charge is -2.26. The summed E-state index contributed by atoms with van der Waals surface area (Å²) >= 11 is 0. The van der Waals surface area contributed by atoms with Crippen molar-refractivity contribution in [2.45, 2.75) is 31.5 Å². The molecule has 0 aromatic heterocycles. The van der Waals surface area contributed by atoms with Crippen LogP contribution in [0.2, 0.25) is 0 Å². The summed E-state index contributed by atoms with van der Waals surface area (Å²) in [6.07, 6.45) is -3.93. The molecule has 0 saturated carbocycles. The molecule has 0 bridgehead atoms. The van der Waals surface area contributed by atoms with Crippen LogP contribution in [-0.2, 0) is 9.53 Å². The van der Waals surface area contributed by atoms with Gasteiger partial charge in [-0.05, 0) is 18.8 Å². The number of halogens is 4. The van der Waals surface area contributed by atoms with Gasteiger partial charge in [0, 0.05) is 19.8 Å². The zero-order valence-corrected chi connectivity index (χ0v) is 10.6. The standard InChI is InChI=1S/C10H17F3N2O2.ClH/c11-10(12,13)3-4-15-9(16)8(14)7-1-5-17-6-2-7;/h7-8H,1-6,14H2,(H,15,16);1H. The van der Waals surface area contributed by atoms with Crippen LogP contribution >= 0.6 is 12.4 Å². The van der Waals surface area contributed by atoms with Gasteiger partial charge in [0.05, 0.1) is 12.5 Å². The molecule has 1 fully saturated rings. The lowest BCUT2D eigenvalue weighted by molar-refractivity contribution is -0.136. The quantitative estimate of drug-likeness (QED) is 0.818. The van der Waals surface area contributed by atoms with Gasteiger partial charge in [-0.3, -0.25) is 4.79 Å². The summed E-state index contributed by atoms with van der Waals surface area (Å²) in [5.74, 6) is -0.518. The summed E-state index contributed by atoms with van der Waals surface area (Å²) in [5.41, 5.74) is 5.69. The lowest BCUT2D eigenvalue weighted by Crippen LogP contribution is -2.47. The molecule has 0 aliphatic carbocycles. The van der Waals surface area contributed by atoms with E-state index in [1.54, 1.807) is 0 Å². The molecule has 1 heterocycles. The Bertz CT molecular complexity index is 258. The van der Waals surface area contributed by atoms with E-state index >= 15 is 0 Å². The van der Waals surface area contributed by atoms with Gasteiger partial charge in [0.1, 0.15) is 0 Å². The smallest absolute Gasteiger partial charge is 0.381 e. The van der Waals surface area contributed by atoms with Crippen LogP contribution in [0.1, 0.15) is 19.3 Å². The highest BCUT2D eigenvalue weighted by molar-refractivity contribution is 5.85. The first kappa shape index (κ1) is 17.5. The highest BCUT2D eigenvalue weighted by Crippen LogP contribution is 2.19. The van der Waals surface area contributed by atoms with Gasteiger partial charge >= 0.3 is 6.18 Å². The Balaban J connectivity index is 0.00000289. The van der Waals surface area contributed by atoms with Gasteiger partial charge in [-0.1, -0.05) is 0 Å². The molecule has 0 aromatic carbocycles. The van der Waals surface area contributed by atoms with Crippen molar-refractivity contribution in [3.63, 3.8) is 0 Å². The van der Waals surface area contributed by atoms with E-state index in [1.807, 2.05) is 0 Å². The molecule has 0 radical (unpaired) electrons. The molecule has 1 saturated heterocycles. The number of rotatable bonds is 4. The number of amides is 1. The van der Waals surface area contributed by atoms with Crippen molar-refractivity contribution in [3.8, 4) is 0 Å². The van der Waals surface area contributed by atoms with Crippen LogP contribution in [0.15, 0.2) is 0 Å². The molecule has 3 N–H and O–H groups in total. The Hall–Kier alpha value is -0.530. The predicted octanol–water partition coefficient (Wildman–Crippen LogP) is 1.23. The summed E-state index contributed by atoms with van der Waals surface area (Å²) in [5, 5.41) is 2.21. The molecule has 1 amide bonds. The highest BCUT2D eigenvalue weighted by atomic mass is 35.5. The zero-order valence-electron chi connectivity index (χ0n) is 9.83. The van der Waals surface area contributed by atoms with Gasteiger partial charge in [-0.2, -0.15) is 13.2 Å². The van der Waals surface area contributed by atoms with Gasteiger partial charge in [0.2, 0.25) is 5.91 Å². The highest BCUT2D eigenvalue weighted by Gasteiger charge is 2.29. The molecule has 8 heteroatoms. The molecular formula is C10H18ClF3N2O2. The van der Waals surface area contributed by atoms with Crippen LogP contribution in [0.25, 0.3) is 0 Å². The number of alkyl halides is 3. The SMILES string of the molecule is Cl.NC(C(=O)NCCC(F)(F)F)C1CCOCC1. The van der Waals surface area contributed by atoms with Crippen LogP contribution in [0.4, 0.5) is 13.2 Å². The molecular weight excluding hydrogens is 273 g/mol. The average molecular weight is 291 g/mol. The molecule has 1 atom stereocenters. The maximum absolute atomic E-state index is 11.9. The number of hydrogen-bond donors (Lipinski definition) is 2. The third-order valence-electron chi connectivity index (χ3n) is 2.78. The second-order valence-corrected chi connectivity index (χ2v) is 4.13. The van der Waals surface area contributed by atoms with Gasteiger partial charge in [-0.25, -0.2) is 0 Å². The summed E-state index contributed by atoms with van der Waals surface area (Å²) in [4.78, 5) is 11.5. The Kier molecular flexibility index (Phi) is 7.58. The Labute approximate surface area is 110 Å². The van der Waals surface area contributed by atoms with E-state index in [2.05, 4.69) is 5.32 Å². The van der Waals surface area contributed by atoms with E-state index in [1.165, 1.54) is 0 Å². The minimum absolute atomic E-state index is 0. The molecule has 4 nitrogen and oxygen atoms in total. The maximum atomic E-state index is 11.9. The fraction of sp³-hybridized carbons (Fsp3) is 0.900. The van der Waals surface area contributed by atoms with Gasteiger partial charge in [0.15, 0.2) is 0 Å². The van der Waals surface area contributed by atoms with Crippen LogP contribution in [0, 0.1) is 5.92 Å². The summed E-state index contributed by atoms with van der Waals surface area (Å²) < 4.78 is 40.7. The van der Waals surface area contributed by atoms with Crippen molar-refractivity contribution in [1.29, 1.82) is 0 Å². The number of hydrogen-bond acceptors (Lipinski definition) is 3. The zero-order chi connectivity index (χ0) is 12.9. The van der Waals surface area contributed by atoms with E-state index in [4.69, 9.17) is 10.5 Å². The second kappa shape index (κ2) is 7.81. The van der Waals surface area contributed by atoms with Gasteiger partial charge < -0.3 is 15.8 Å². The van der Waals surface area contributed by atoms with Crippen molar-refractivity contribution in [1.82, 2.24) is 5.32 Å². The number of nitrogens with two attached hydrogens (primary N) is 1. The number of carbonyl (C=O) groups excluding carboxylic acids is 1. The number of carbonyl (C=O) groups is 1. The van der Waals surface area contributed by atoms with E-state index in [0.29, 0.717) is 26.1 Å². The van der Waals surface area contributed by atoms with E-state index < -0.39 is 31.1 Å². The first-order chi connectivity index (χ1) is 7.90. The minimum Gasteiger partial charge on any atom is -0.381 e. The average Bonchev–Trinajstić information content (AvgIpc) is 2.27. The topological polar surface area (TPSA) is 64.4 Å². The largest absolute Gasteiger partial charge is 0.390 e. The van der Waals surface area contributed by atoms with Crippen molar-refractivity contribution < 1.29 is 22.7 Å². The number of nitrogens with one attached hydrogen (secondary N) is 1. The lowest BCUT2D eigenvalue weighted by atomic mass is 9.92. The summed E-state index contributed by atoms with van der Waals surface area (Å²) in [6, 6.07) is -0.743. The summed E-state index contributed by atoms with van der Waals surface area (Å²) in [6.45, 7) is 0.682. The molecule has 1 rings (SSSR count). The fourth-order valence-corrected chi connectivity index (χ4v) is 1.73. The third-order valence-corrected chi connectivity index (χ3v) is 2.78. The minimum atomic E-state index is -4.25. The van der Waals surface area contributed by atoms with Crippen LogP contribution in [-0.4, -0.2) is 37.9 Å².